The van der Waals surface area contributed by atoms with Crippen LogP contribution in [0.1, 0.15) is 62.4 Å². The van der Waals surface area contributed by atoms with Crippen molar-refractivity contribution in [3.63, 3.8) is 0 Å². The molecule has 0 unspecified atom stereocenters. The van der Waals surface area contributed by atoms with Crippen molar-refractivity contribution in [2.24, 2.45) is 0 Å². The molecular weight excluding hydrogens is 254 g/mol. The van der Waals surface area contributed by atoms with Crippen molar-refractivity contribution in [1.82, 2.24) is 15.1 Å². The van der Waals surface area contributed by atoms with Crippen LogP contribution in [0.15, 0.2) is 16.9 Å². The minimum atomic E-state index is -0.165. The van der Waals surface area contributed by atoms with E-state index in [1.807, 2.05) is 6.92 Å². The highest BCUT2D eigenvalue weighted by Crippen LogP contribution is 2.17. The summed E-state index contributed by atoms with van der Waals surface area (Å²) in [7, 11) is 0. The fraction of sp³-hybridized carbons (Fsp3) is 0.667. The first-order chi connectivity index (χ1) is 9.70. The monoisotopic (exact) mass is 277 g/mol. The Hall–Kier alpha value is -1.65. The maximum Gasteiger partial charge on any atom is 0.271 e. The van der Waals surface area contributed by atoms with Crippen LogP contribution < -0.4 is 10.9 Å². The average molecular weight is 277 g/mol. The Bertz CT molecular complexity index is 502. The third-order valence-corrected chi connectivity index (χ3v) is 3.73. The third kappa shape index (κ3) is 3.92. The van der Waals surface area contributed by atoms with Gasteiger partial charge in [-0.25, -0.2) is 4.68 Å². The van der Waals surface area contributed by atoms with Crippen molar-refractivity contribution in [3.05, 3.63) is 28.2 Å². The predicted molar refractivity (Wildman–Crippen MR) is 77.7 cm³/mol. The van der Waals surface area contributed by atoms with Crippen LogP contribution in [-0.2, 0) is 6.54 Å². The molecule has 1 aromatic rings. The summed E-state index contributed by atoms with van der Waals surface area (Å²) < 4.78 is 1.36. The smallest absolute Gasteiger partial charge is 0.271 e. The molecule has 0 aromatic carbocycles. The van der Waals surface area contributed by atoms with Crippen LogP contribution in [0.5, 0.6) is 0 Å². The van der Waals surface area contributed by atoms with Crippen molar-refractivity contribution in [1.29, 1.82) is 0 Å². The molecule has 0 aliphatic heterocycles. The van der Waals surface area contributed by atoms with E-state index in [0.717, 1.165) is 19.3 Å². The maximum atomic E-state index is 12.2. The zero-order valence-electron chi connectivity index (χ0n) is 12.1. The molecule has 5 heteroatoms. The van der Waals surface area contributed by atoms with E-state index in [0.29, 0.717) is 12.2 Å². The Morgan fingerprint density at radius 3 is 2.65 bits per heavy atom. The number of nitrogens with one attached hydrogen (secondary N) is 1. The first-order valence-corrected chi connectivity index (χ1v) is 7.59. The number of hydrogen-bond acceptors (Lipinski definition) is 3. The Morgan fingerprint density at radius 1 is 1.30 bits per heavy atom. The van der Waals surface area contributed by atoms with Crippen LogP contribution >= 0.6 is 0 Å². The summed E-state index contributed by atoms with van der Waals surface area (Å²) >= 11 is 0. The van der Waals surface area contributed by atoms with Gasteiger partial charge in [0.05, 0.1) is 0 Å². The number of nitrogens with zero attached hydrogens (tertiary/aromatic N) is 2. The zero-order valence-corrected chi connectivity index (χ0v) is 12.1. The number of carbonyl (C=O) groups excluding carboxylic acids is 1. The van der Waals surface area contributed by atoms with Gasteiger partial charge < -0.3 is 5.32 Å². The van der Waals surface area contributed by atoms with Crippen LogP contribution in [0, 0.1) is 0 Å². The quantitative estimate of drug-likeness (QED) is 0.857. The molecule has 1 saturated carbocycles. The average Bonchev–Trinajstić information content (AvgIpc) is 2.70. The second-order valence-corrected chi connectivity index (χ2v) is 5.44. The van der Waals surface area contributed by atoms with Crippen LogP contribution in [0.2, 0.25) is 0 Å². The molecule has 5 nitrogen and oxygen atoms in total. The summed E-state index contributed by atoms with van der Waals surface area (Å²) in [5, 5.41) is 7.19. The van der Waals surface area contributed by atoms with E-state index in [1.165, 1.54) is 42.5 Å². The molecule has 1 heterocycles. The molecule has 110 valence electrons. The number of carbonyl (C=O) groups is 1. The van der Waals surface area contributed by atoms with Gasteiger partial charge in [0.15, 0.2) is 0 Å². The van der Waals surface area contributed by atoms with Crippen LogP contribution in [0.4, 0.5) is 0 Å². The molecule has 0 spiro atoms. The van der Waals surface area contributed by atoms with Crippen LogP contribution in [-0.4, -0.2) is 21.7 Å². The number of rotatable bonds is 4. The predicted octanol–water partition coefficient (Wildman–Crippen LogP) is 2.11. The number of aromatic nitrogens is 2. The minimum absolute atomic E-state index is 0.155. The highest BCUT2D eigenvalue weighted by molar-refractivity contribution is 5.92. The lowest BCUT2D eigenvalue weighted by Gasteiger charge is -2.16. The zero-order chi connectivity index (χ0) is 14.4. The van der Waals surface area contributed by atoms with Gasteiger partial charge in [0, 0.05) is 18.7 Å². The van der Waals surface area contributed by atoms with Gasteiger partial charge >= 0.3 is 0 Å². The fourth-order valence-electron chi connectivity index (χ4n) is 2.63. The molecule has 1 amide bonds. The summed E-state index contributed by atoms with van der Waals surface area (Å²) in [6.45, 7) is 2.52. The maximum absolute atomic E-state index is 12.2. The molecule has 1 N–H and O–H groups in total. The van der Waals surface area contributed by atoms with E-state index >= 15 is 0 Å². The molecule has 2 rings (SSSR count). The van der Waals surface area contributed by atoms with Crippen LogP contribution in [0.25, 0.3) is 0 Å². The minimum Gasteiger partial charge on any atom is -0.348 e. The molecule has 0 radical (unpaired) electrons. The van der Waals surface area contributed by atoms with Crippen molar-refractivity contribution >= 4 is 5.91 Å². The summed E-state index contributed by atoms with van der Waals surface area (Å²) in [5.74, 6) is -0.165. The van der Waals surface area contributed by atoms with E-state index < -0.39 is 0 Å². The highest BCUT2D eigenvalue weighted by Gasteiger charge is 2.17. The second-order valence-electron chi connectivity index (χ2n) is 5.44. The molecule has 0 atom stereocenters. The molecule has 1 aliphatic rings. The molecule has 1 aromatic heterocycles. The second kappa shape index (κ2) is 7.22. The lowest BCUT2D eigenvalue weighted by molar-refractivity contribution is 0.0925. The molecule has 1 fully saturated rings. The molecule has 0 saturated heterocycles. The first-order valence-electron chi connectivity index (χ1n) is 7.59. The Labute approximate surface area is 119 Å². The summed E-state index contributed by atoms with van der Waals surface area (Å²) in [4.78, 5) is 23.8. The Morgan fingerprint density at radius 2 is 2.00 bits per heavy atom. The van der Waals surface area contributed by atoms with Crippen LogP contribution in [0.3, 0.4) is 0 Å². The molecule has 20 heavy (non-hydrogen) atoms. The number of aryl methyl sites for hydroxylation is 1. The summed E-state index contributed by atoms with van der Waals surface area (Å²) in [6.07, 6.45) is 7.76. The topological polar surface area (TPSA) is 64.0 Å². The standard InChI is InChI=1S/C15H23N3O2/c1-2-11-18-14(19)10-9-13(17-18)15(20)16-12-7-5-3-4-6-8-12/h9-10,12H,2-8,11H2,1H3,(H,16,20). The van der Waals surface area contributed by atoms with Gasteiger partial charge in [0.2, 0.25) is 0 Å². The normalized spacial score (nSPS) is 16.6. The fourth-order valence-corrected chi connectivity index (χ4v) is 2.63. The van der Waals surface area contributed by atoms with Crippen molar-refractivity contribution in [3.8, 4) is 0 Å². The van der Waals surface area contributed by atoms with Gasteiger partial charge in [-0.1, -0.05) is 32.6 Å². The number of amides is 1. The Balaban J connectivity index is 2.04. The summed E-state index contributed by atoms with van der Waals surface area (Å²) in [5.41, 5.74) is 0.181. The first kappa shape index (κ1) is 14.8. The molecular formula is C15H23N3O2. The van der Waals surface area contributed by atoms with Gasteiger partial charge in [-0.2, -0.15) is 5.10 Å². The van der Waals surface area contributed by atoms with E-state index in [4.69, 9.17) is 0 Å². The SMILES string of the molecule is CCCn1nc(C(=O)NC2CCCCCC2)ccc1=O. The number of hydrogen-bond donors (Lipinski definition) is 1. The van der Waals surface area contributed by atoms with E-state index in [-0.39, 0.29) is 17.5 Å². The van der Waals surface area contributed by atoms with Gasteiger partial charge in [0.25, 0.3) is 11.5 Å². The molecule has 1 aliphatic carbocycles. The van der Waals surface area contributed by atoms with Gasteiger partial charge in [-0.3, -0.25) is 9.59 Å². The van der Waals surface area contributed by atoms with Crippen molar-refractivity contribution < 1.29 is 4.79 Å². The highest BCUT2D eigenvalue weighted by atomic mass is 16.2. The molecule has 0 bridgehead atoms. The lowest BCUT2D eigenvalue weighted by atomic mass is 10.1. The van der Waals surface area contributed by atoms with E-state index in [1.54, 1.807) is 0 Å². The van der Waals surface area contributed by atoms with E-state index in [2.05, 4.69) is 10.4 Å². The lowest BCUT2D eigenvalue weighted by Crippen LogP contribution is -2.36. The largest absolute Gasteiger partial charge is 0.348 e. The van der Waals surface area contributed by atoms with Gasteiger partial charge in [0.1, 0.15) is 5.69 Å². The van der Waals surface area contributed by atoms with Crippen molar-refractivity contribution in [2.75, 3.05) is 0 Å². The van der Waals surface area contributed by atoms with Gasteiger partial charge in [-0.05, 0) is 25.3 Å². The van der Waals surface area contributed by atoms with E-state index in [9.17, 15) is 9.59 Å². The van der Waals surface area contributed by atoms with Gasteiger partial charge in [-0.15, -0.1) is 0 Å². The third-order valence-electron chi connectivity index (χ3n) is 3.73. The summed E-state index contributed by atoms with van der Waals surface area (Å²) in [6, 6.07) is 3.18. The Kier molecular flexibility index (Phi) is 5.32. The van der Waals surface area contributed by atoms with Crippen molar-refractivity contribution in [2.45, 2.75) is 64.5 Å².